The highest BCUT2D eigenvalue weighted by atomic mass is 16.5. The number of aliphatic hydroxyl groups is 1. The summed E-state index contributed by atoms with van der Waals surface area (Å²) in [4.78, 5) is 11.4. The van der Waals surface area contributed by atoms with E-state index in [2.05, 4.69) is 4.74 Å². The van der Waals surface area contributed by atoms with E-state index in [0.717, 1.165) is 0 Å². The maximum atomic E-state index is 11.4. The van der Waals surface area contributed by atoms with E-state index < -0.39 is 11.6 Å². The number of hydrogen-bond donors (Lipinski definition) is 1. The first kappa shape index (κ1) is 14.1. The molecule has 106 valence electrons. The van der Waals surface area contributed by atoms with Gasteiger partial charge in [-0.3, -0.25) is 0 Å². The predicted octanol–water partition coefficient (Wildman–Crippen LogP) is 2.33. The molecule has 0 fully saturated rings. The summed E-state index contributed by atoms with van der Waals surface area (Å²) in [6, 6.07) is 10.0. The number of esters is 1. The van der Waals surface area contributed by atoms with E-state index in [1.807, 2.05) is 0 Å². The summed E-state index contributed by atoms with van der Waals surface area (Å²) in [5.74, 6) is 0.344. The van der Waals surface area contributed by atoms with Crippen LogP contribution in [0.3, 0.4) is 0 Å². The summed E-state index contributed by atoms with van der Waals surface area (Å²) in [5, 5.41) is 10.6. The van der Waals surface area contributed by atoms with Crippen LogP contribution in [0, 0.1) is 0 Å². The van der Waals surface area contributed by atoms with Gasteiger partial charge >= 0.3 is 5.97 Å². The standard InChI is InChI=1S/C15H16O5/c1-15(17,10-5-4-6-11(9-10)18-2)13-8-7-12(20-13)14(16)19-3/h4-9,17H,1-3H3. The summed E-state index contributed by atoms with van der Waals surface area (Å²) in [6.45, 7) is 1.58. The minimum absolute atomic E-state index is 0.0469. The van der Waals surface area contributed by atoms with Crippen molar-refractivity contribution in [1.82, 2.24) is 0 Å². The van der Waals surface area contributed by atoms with Crippen LogP contribution in [0.4, 0.5) is 0 Å². The largest absolute Gasteiger partial charge is 0.497 e. The Morgan fingerprint density at radius 1 is 1.25 bits per heavy atom. The molecule has 1 aromatic heterocycles. The minimum Gasteiger partial charge on any atom is -0.497 e. The molecule has 5 nitrogen and oxygen atoms in total. The van der Waals surface area contributed by atoms with Crippen molar-refractivity contribution in [2.75, 3.05) is 14.2 Å². The fourth-order valence-electron chi connectivity index (χ4n) is 1.88. The molecule has 0 aliphatic carbocycles. The Bertz CT molecular complexity index is 612. The van der Waals surface area contributed by atoms with E-state index >= 15 is 0 Å². The number of furan rings is 1. The van der Waals surface area contributed by atoms with Crippen molar-refractivity contribution < 1.29 is 23.8 Å². The van der Waals surface area contributed by atoms with E-state index in [0.29, 0.717) is 11.3 Å². The van der Waals surface area contributed by atoms with Crippen molar-refractivity contribution in [2.45, 2.75) is 12.5 Å². The van der Waals surface area contributed by atoms with E-state index in [4.69, 9.17) is 9.15 Å². The van der Waals surface area contributed by atoms with Crippen LogP contribution in [0.2, 0.25) is 0 Å². The molecule has 5 heteroatoms. The SMILES string of the molecule is COC(=O)c1ccc(C(C)(O)c2cccc(OC)c2)o1. The molecule has 0 radical (unpaired) electrons. The third kappa shape index (κ3) is 2.53. The van der Waals surface area contributed by atoms with Gasteiger partial charge in [-0.2, -0.15) is 0 Å². The summed E-state index contributed by atoms with van der Waals surface area (Å²) >= 11 is 0. The lowest BCUT2D eigenvalue weighted by atomic mass is 9.93. The monoisotopic (exact) mass is 276 g/mol. The molecule has 20 heavy (non-hydrogen) atoms. The third-order valence-corrected chi connectivity index (χ3v) is 3.10. The van der Waals surface area contributed by atoms with Crippen LogP contribution in [-0.4, -0.2) is 25.3 Å². The maximum Gasteiger partial charge on any atom is 0.373 e. The van der Waals surface area contributed by atoms with Gasteiger partial charge in [0.05, 0.1) is 14.2 Å². The van der Waals surface area contributed by atoms with Crippen LogP contribution >= 0.6 is 0 Å². The first-order valence-electron chi connectivity index (χ1n) is 6.04. The molecule has 0 saturated heterocycles. The summed E-state index contributed by atoms with van der Waals surface area (Å²) in [6.07, 6.45) is 0. The van der Waals surface area contributed by atoms with Crippen LogP contribution in [0.25, 0.3) is 0 Å². The molecular formula is C15H16O5. The number of rotatable bonds is 4. The average Bonchev–Trinajstić information content (AvgIpc) is 2.97. The maximum absolute atomic E-state index is 11.4. The molecule has 0 aliphatic heterocycles. The second-order valence-electron chi connectivity index (χ2n) is 4.46. The normalized spacial score (nSPS) is 13.6. The van der Waals surface area contributed by atoms with Gasteiger partial charge in [-0.1, -0.05) is 12.1 Å². The molecule has 0 amide bonds. The Morgan fingerprint density at radius 3 is 2.65 bits per heavy atom. The van der Waals surface area contributed by atoms with Crippen molar-refractivity contribution >= 4 is 5.97 Å². The third-order valence-electron chi connectivity index (χ3n) is 3.10. The summed E-state index contributed by atoms with van der Waals surface area (Å²) < 4.78 is 15.1. The number of benzene rings is 1. The highest BCUT2D eigenvalue weighted by Gasteiger charge is 2.30. The zero-order valence-corrected chi connectivity index (χ0v) is 11.5. The Balaban J connectivity index is 2.38. The van der Waals surface area contributed by atoms with Gasteiger partial charge in [0, 0.05) is 0 Å². The summed E-state index contributed by atoms with van der Waals surface area (Å²) in [5.41, 5.74) is -0.775. The van der Waals surface area contributed by atoms with Gasteiger partial charge < -0.3 is 19.0 Å². The Morgan fingerprint density at radius 2 is 2.00 bits per heavy atom. The van der Waals surface area contributed by atoms with Gasteiger partial charge in [0.1, 0.15) is 17.1 Å². The Kier molecular flexibility index (Phi) is 3.81. The van der Waals surface area contributed by atoms with E-state index in [-0.39, 0.29) is 11.5 Å². The zero-order chi connectivity index (χ0) is 14.8. The Hall–Kier alpha value is -2.27. The number of carbonyl (C=O) groups is 1. The van der Waals surface area contributed by atoms with Gasteiger partial charge in [-0.25, -0.2) is 4.79 Å². The fraction of sp³-hybridized carbons (Fsp3) is 0.267. The molecule has 1 aromatic carbocycles. The van der Waals surface area contributed by atoms with Crippen LogP contribution in [0.15, 0.2) is 40.8 Å². The number of methoxy groups -OCH3 is 2. The molecule has 0 aliphatic rings. The first-order chi connectivity index (χ1) is 9.48. The summed E-state index contributed by atoms with van der Waals surface area (Å²) in [7, 11) is 2.82. The van der Waals surface area contributed by atoms with E-state index in [9.17, 15) is 9.90 Å². The van der Waals surface area contributed by atoms with Crippen molar-refractivity contribution in [3.05, 3.63) is 53.5 Å². The molecule has 1 unspecified atom stereocenters. The molecule has 1 N–H and O–H groups in total. The first-order valence-corrected chi connectivity index (χ1v) is 6.04. The van der Waals surface area contributed by atoms with Gasteiger partial charge in [-0.15, -0.1) is 0 Å². The quantitative estimate of drug-likeness (QED) is 0.868. The van der Waals surface area contributed by atoms with Crippen molar-refractivity contribution in [1.29, 1.82) is 0 Å². The van der Waals surface area contributed by atoms with E-state index in [1.54, 1.807) is 44.4 Å². The highest BCUT2D eigenvalue weighted by molar-refractivity contribution is 5.86. The minimum atomic E-state index is -1.37. The lowest BCUT2D eigenvalue weighted by Crippen LogP contribution is -2.22. The smallest absolute Gasteiger partial charge is 0.373 e. The molecule has 2 aromatic rings. The topological polar surface area (TPSA) is 68.9 Å². The Labute approximate surface area is 116 Å². The van der Waals surface area contributed by atoms with E-state index in [1.165, 1.54) is 13.2 Å². The lowest BCUT2D eigenvalue weighted by molar-refractivity contribution is 0.0522. The molecule has 0 bridgehead atoms. The zero-order valence-electron chi connectivity index (χ0n) is 11.5. The van der Waals surface area contributed by atoms with Crippen LogP contribution in [-0.2, 0) is 10.3 Å². The predicted molar refractivity (Wildman–Crippen MR) is 71.7 cm³/mol. The molecule has 0 saturated carbocycles. The van der Waals surface area contributed by atoms with Crippen molar-refractivity contribution in [3.8, 4) is 5.75 Å². The van der Waals surface area contributed by atoms with Crippen LogP contribution in [0.5, 0.6) is 5.75 Å². The fourth-order valence-corrected chi connectivity index (χ4v) is 1.88. The number of hydrogen-bond acceptors (Lipinski definition) is 5. The van der Waals surface area contributed by atoms with Crippen molar-refractivity contribution in [3.63, 3.8) is 0 Å². The van der Waals surface area contributed by atoms with Crippen LogP contribution in [0.1, 0.15) is 28.8 Å². The van der Waals surface area contributed by atoms with Gasteiger partial charge in [0.15, 0.2) is 0 Å². The lowest BCUT2D eigenvalue weighted by Gasteiger charge is -2.21. The number of ether oxygens (including phenoxy) is 2. The van der Waals surface area contributed by atoms with Crippen LogP contribution < -0.4 is 4.74 Å². The molecule has 1 atom stereocenters. The molecule has 0 spiro atoms. The number of carbonyl (C=O) groups excluding carboxylic acids is 1. The molecule has 2 rings (SSSR count). The average molecular weight is 276 g/mol. The van der Waals surface area contributed by atoms with Gasteiger partial charge in [0.25, 0.3) is 0 Å². The highest BCUT2D eigenvalue weighted by Crippen LogP contribution is 2.32. The van der Waals surface area contributed by atoms with Crippen molar-refractivity contribution in [2.24, 2.45) is 0 Å². The second kappa shape index (κ2) is 5.38. The second-order valence-corrected chi connectivity index (χ2v) is 4.46. The van der Waals surface area contributed by atoms with Gasteiger partial charge in [0.2, 0.25) is 5.76 Å². The molecule has 1 heterocycles. The molecular weight excluding hydrogens is 260 g/mol. The van der Waals surface area contributed by atoms with Gasteiger partial charge in [-0.05, 0) is 36.8 Å².